The summed E-state index contributed by atoms with van der Waals surface area (Å²) in [4.78, 5) is 22.1. The highest BCUT2D eigenvalue weighted by atomic mass is 28.2. The lowest BCUT2D eigenvalue weighted by molar-refractivity contribution is -0.138. The maximum Gasteiger partial charge on any atom is 0.346 e. The lowest BCUT2D eigenvalue weighted by atomic mass is 10.2. The van der Waals surface area contributed by atoms with E-state index in [-0.39, 0.29) is 43.3 Å². The van der Waals surface area contributed by atoms with Gasteiger partial charge >= 0.3 is 19.5 Å². The summed E-state index contributed by atoms with van der Waals surface area (Å²) in [5.41, 5.74) is 3.40. The van der Waals surface area contributed by atoms with Crippen molar-refractivity contribution in [1.82, 2.24) is 0 Å². The van der Waals surface area contributed by atoms with Gasteiger partial charge in [0, 0.05) is 11.8 Å². The van der Waals surface area contributed by atoms with Crippen molar-refractivity contribution in [2.24, 2.45) is 11.8 Å². The molecule has 0 saturated heterocycles. The minimum atomic E-state index is -0.217. The molecule has 6 heteroatoms. The second kappa shape index (κ2) is 8.29. The summed E-state index contributed by atoms with van der Waals surface area (Å²) in [6, 6.07) is 0. The van der Waals surface area contributed by atoms with Crippen LogP contribution in [0.25, 0.3) is 0 Å². The lowest BCUT2D eigenvalue weighted by Crippen LogP contribution is -2.15. The first-order valence-corrected chi connectivity index (χ1v) is 6.99. The van der Waals surface area contributed by atoms with E-state index in [0.29, 0.717) is 0 Å². The summed E-state index contributed by atoms with van der Waals surface area (Å²) in [6.07, 6.45) is 0. The van der Waals surface area contributed by atoms with E-state index >= 15 is 0 Å². The zero-order chi connectivity index (χ0) is 12.6. The van der Waals surface area contributed by atoms with Crippen molar-refractivity contribution in [2.45, 2.75) is 27.7 Å². The van der Waals surface area contributed by atoms with E-state index in [1.165, 1.54) is 0 Å². The minimum Gasteiger partial charge on any atom is -0.512 e. The SMILES string of the molecule is CC(C)C(=O)O[Si]C=C[Si]OC(=O)C(C)C. The number of hydrogen-bond acceptors (Lipinski definition) is 4. The number of hydrogen-bond donors (Lipinski definition) is 0. The molecule has 0 aliphatic rings. The van der Waals surface area contributed by atoms with Gasteiger partial charge in [-0.2, -0.15) is 0 Å². The maximum atomic E-state index is 11.0. The van der Waals surface area contributed by atoms with Gasteiger partial charge in [0.15, 0.2) is 0 Å². The first-order chi connectivity index (χ1) is 7.45. The number of carbonyl (C=O) groups is 2. The van der Waals surface area contributed by atoms with Crippen LogP contribution in [0.15, 0.2) is 11.4 Å². The molecule has 0 fully saturated rings. The van der Waals surface area contributed by atoms with Gasteiger partial charge in [0.25, 0.3) is 11.9 Å². The highest BCUT2D eigenvalue weighted by Gasteiger charge is 2.08. The van der Waals surface area contributed by atoms with Crippen LogP contribution < -0.4 is 0 Å². The molecule has 0 N–H and O–H groups in total. The largest absolute Gasteiger partial charge is 0.512 e. The highest BCUT2D eigenvalue weighted by molar-refractivity contribution is 6.44. The molecular formula is C10H16O4Si2. The fourth-order valence-corrected chi connectivity index (χ4v) is 1.87. The molecule has 16 heavy (non-hydrogen) atoms. The average Bonchev–Trinajstić information content (AvgIpc) is 2.21. The predicted molar refractivity (Wildman–Crippen MR) is 62.5 cm³/mol. The molecule has 0 heterocycles. The van der Waals surface area contributed by atoms with Crippen LogP contribution in [0.2, 0.25) is 0 Å². The van der Waals surface area contributed by atoms with E-state index in [1.54, 1.807) is 39.1 Å². The van der Waals surface area contributed by atoms with Crippen molar-refractivity contribution in [3.05, 3.63) is 11.4 Å². The van der Waals surface area contributed by atoms with Crippen LogP contribution in [0.1, 0.15) is 27.7 Å². The normalized spacial score (nSPS) is 11.1. The number of rotatable bonds is 6. The molecule has 88 valence electrons. The second-order valence-electron chi connectivity index (χ2n) is 3.72. The van der Waals surface area contributed by atoms with E-state index < -0.39 is 0 Å². The molecule has 0 aromatic heterocycles. The smallest absolute Gasteiger partial charge is 0.346 e. The van der Waals surface area contributed by atoms with Crippen molar-refractivity contribution in [3.63, 3.8) is 0 Å². The molecule has 0 aliphatic carbocycles. The second-order valence-corrected chi connectivity index (χ2v) is 5.27. The van der Waals surface area contributed by atoms with Crippen LogP contribution >= 0.6 is 0 Å². The molecule has 4 nitrogen and oxygen atoms in total. The summed E-state index contributed by atoms with van der Waals surface area (Å²) < 4.78 is 9.85. The summed E-state index contributed by atoms with van der Waals surface area (Å²) in [5.74, 6) is -0.653. The van der Waals surface area contributed by atoms with Gasteiger partial charge in [-0.3, -0.25) is 9.59 Å². The molecule has 0 rings (SSSR count). The molecular weight excluding hydrogens is 240 g/mol. The third-order valence-corrected chi connectivity index (χ3v) is 3.06. The van der Waals surface area contributed by atoms with Crippen LogP contribution in [0.4, 0.5) is 0 Å². The molecule has 0 amide bonds. The van der Waals surface area contributed by atoms with Crippen LogP contribution in [0, 0.1) is 11.8 Å². The minimum absolute atomic E-state index is 0.0112. The Bertz CT molecular complexity index is 236. The standard InChI is InChI=1S/C10H16O4Si2/c1-7(2)9(11)13-15-5-6-16-14-10(12)8(3)4/h5-8H,1-4H3. The topological polar surface area (TPSA) is 52.6 Å². The molecule has 0 aromatic carbocycles. The van der Waals surface area contributed by atoms with Gasteiger partial charge in [0.1, 0.15) is 0 Å². The van der Waals surface area contributed by atoms with Gasteiger partial charge in [-0.15, -0.1) is 0 Å². The fraction of sp³-hybridized carbons (Fsp3) is 0.600. The van der Waals surface area contributed by atoms with Crippen molar-refractivity contribution < 1.29 is 18.4 Å². The summed E-state index contributed by atoms with van der Waals surface area (Å²) >= 11 is 0. The van der Waals surface area contributed by atoms with Gasteiger partial charge in [-0.1, -0.05) is 39.1 Å². The molecule has 0 atom stereocenters. The molecule has 0 spiro atoms. The molecule has 0 saturated carbocycles. The van der Waals surface area contributed by atoms with Gasteiger partial charge < -0.3 is 8.85 Å². The third-order valence-electron chi connectivity index (χ3n) is 1.48. The van der Waals surface area contributed by atoms with Crippen molar-refractivity contribution in [2.75, 3.05) is 0 Å². The van der Waals surface area contributed by atoms with E-state index in [1.807, 2.05) is 0 Å². The molecule has 0 unspecified atom stereocenters. The molecule has 0 aliphatic heterocycles. The Hall–Kier alpha value is -0.886. The zero-order valence-corrected chi connectivity index (χ0v) is 11.9. The zero-order valence-electron chi connectivity index (χ0n) is 9.94. The first kappa shape index (κ1) is 15.1. The molecule has 0 bridgehead atoms. The Morgan fingerprint density at radius 2 is 1.19 bits per heavy atom. The first-order valence-electron chi connectivity index (χ1n) is 5.02. The monoisotopic (exact) mass is 256 g/mol. The maximum absolute atomic E-state index is 11.0. The van der Waals surface area contributed by atoms with Gasteiger partial charge in [0.05, 0.1) is 0 Å². The van der Waals surface area contributed by atoms with Gasteiger partial charge in [0.2, 0.25) is 0 Å². The average molecular weight is 256 g/mol. The van der Waals surface area contributed by atoms with E-state index in [4.69, 9.17) is 8.85 Å². The van der Waals surface area contributed by atoms with E-state index in [0.717, 1.165) is 0 Å². The number of carbonyl (C=O) groups excluding carboxylic acids is 2. The molecule has 0 aromatic rings. The van der Waals surface area contributed by atoms with Gasteiger partial charge in [-0.25, -0.2) is 0 Å². The van der Waals surface area contributed by atoms with Crippen LogP contribution in [-0.4, -0.2) is 31.5 Å². The van der Waals surface area contributed by atoms with E-state index in [9.17, 15) is 9.59 Å². The third kappa shape index (κ3) is 7.41. The predicted octanol–water partition coefficient (Wildman–Crippen LogP) is 1.09. The Balaban J connectivity index is 3.56. The summed E-state index contributed by atoms with van der Waals surface area (Å²) in [7, 11) is -0.0224. The van der Waals surface area contributed by atoms with Crippen LogP contribution in [0.3, 0.4) is 0 Å². The quantitative estimate of drug-likeness (QED) is 0.668. The Kier molecular flexibility index (Phi) is 7.83. The summed E-state index contributed by atoms with van der Waals surface area (Å²) in [6.45, 7) is 7.12. The van der Waals surface area contributed by atoms with Crippen LogP contribution in [0.5, 0.6) is 0 Å². The van der Waals surface area contributed by atoms with E-state index in [2.05, 4.69) is 0 Å². The Morgan fingerprint density at radius 3 is 1.44 bits per heavy atom. The van der Waals surface area contributed by atoms with Crippen molar-refractivity contribution in [1.29, 1.82) is 0 Å². The van der Waals surface area contributed by atoms with Crippen molar-refractivity contribution >= 4 is 31.5 Å². The summed E-state index contributed by atoms with van der Waals surface area (Å²) in [5, 5.41) is 0. The fourth-order valence-electron chi connectivity index (χ4n) is 0.488. The Labute approximate surface area is 101 Å². The van der Waals surface area contributed by atoms with Crippen LogP contribution in [-0.2, 0) is 18.4 Å². The van der Waals surface area contributed by atoms with Crippen molar-refractivity contribution in [3.8, 4) is 0 Å². The lowest BCUT2D eigenvalue weighted by Gasteiger charge is -2.03. The molecule has 4 radical (unpaired) electrons. The highest BCUT2D eigenvalue weighted by Crippen LogP contribution is 1.95. The van der Waals surface area contributed by atoms with Gasteiger partial charge in [-0.05, 0) is 0 Å². The Morgan fingerprint density at radius 1 is 0.875 bits per heavy atom.